The largest absolute Gasteiger partial charge is 0.359 e. The summed E-state index contributed by atoms with van der Waals surface area (Å²) in [6.45, 7) is 8.55. The molecule has 5 heteroatoms. The third-order valence-corrected chi connectivity index (χ3v) is 8.89. The number of allylic oxidation sites excluding steroid dienone is 2. The molecule has 0 aromatic rings. The second-order valence-corrected chi connectivity index (χ2v) is 13.8. The molecule has 0 radical (unpaired) electrons. The van der Waals surface area contributed by atoms with Gasteiger partial charge in [-0.15, -0.1) is 0 Å². The number of hydrogen-bond acceptors (Lipinski definition) is 5. The van der Waals surface area contributed by atoms with Crippen molar-refractivity contribution in [2.24, 2.45) is 5.92 Å². The molecule has 0 saturated carbocycles. The maximum Gasteiger partial charge on any atom is 0.359 e. The summed E-state index contributed by atoms with van der Waals surface area (Å²) in [7, 11) is 0. The van der Waals surface area contributed by atoms with Crippen LogP contribution >= 0.6 is 0 Å². The van der Waals surface area contributed by atoms with Gasteiger partial charge in [-0.3, -0.25) is 4.79 Å². The first-order chi connectivity index (χ1) is 21.9. The lowest BCUT2D eigenvalue weighted by Crippen LogP contribution is -2.23. The summed E-state index contributed by atoms with van der Waals surface area (Å²) in [4.78, 5) is 47.5. The Morgan fingerprint density at radius 1 is 0.511 bits per heavy atom. The Morgan fingerprint density at radius 3 is 1.33 bits per heavy atom. The molecule has 1 unspecified atom stereocenters. The quantitative estimate of drug-likeness (QED) is 0.0311. The number of Topliss-reactive ketones (excluding diaryl/α,β-unsaturated/α-hetero) is 1. The van der Waals surface area contributed by atoms with E-state index in [2.05, 4.69) is 19.9 Å². The predicted octanol–water partition coefficient (Wildman–Crippen LogP) is 12.9. The van der Waals surface area contributed by atoms with E-state index in [4.69, 9.17) is 9.78 Å². The van der Waals surface area contributed by atoms with E-state index in [0.717, 1.165) is 38.5 Å². The van der Waals surface area contributed by atoms with Crippen molar-refractivity contribution in [1.82, 2.24) is 0 Å². The van der Waals surface area contributed by atoms with E-state index in [-0.39, 0.29) is 18.6 Å². The van der Waals surface area contributed by atoms with Crippen LogP contribution in [0.1, 0.15) is 220 Å². The highest BCUT2D eigenvalue weighted by Gasteiger charge is 2.25. The predicted molar refractivity (Wildman–Crippen MR) is 190 cm³/mol. The Hall–Kier alpha value is -1.65. The minimum atomic E-state index is -0.577. The summed E-state index contributed by atoms with van der Waals surface area (Å²) in [5.41, 5.74) is 1.19. The van der Waals surface area contributed by atoms with Crippen molar-refractivity contribution in [2.75, 3.05) is 0 Å². The van der Waals surface area contributed by atoms with E-state index in [0.29, 0.717) is 19.3 Å². The van der Waals surface area contributed by atoms with Gasteiger partial charge in [-0.1, -0.05) is 180 Å². The summed E-state index contributed by atoms with van der Waals surface area (Å²) < 4.78 is 0. The first kappa shape index (κ1) is 43.4. The molecule has 0 aliphatic heterocycles. The van der Waals surface area contributed by atoms with Gasteiger partial charge in [0.05, 0.1) is 12.3 Å². The van der Waals surface area contributed by atoms with Gasteiger partial charge >= 0.3 is 11.9 Å². The zero-order valence-corrected chi connectivity index (χ0v) is 30.4. The van der Waals surface area contributed by atoms with Gasteiger partial charge in [0.25, 0.3) is 0 Å². The zero-order chi connectivity index (χ0) is 33.2. The fraction of sp³-hybridized carbons (Fsp3) is 0.875. The van der Waals surface area contributed by atoms with Gasteiger partial charge in [0.2, 0.25) is 0 Å². The van der Waals surface area contributed by atoms with Crippen LogP contribution < -0.4 is 0 Å². The van der Waals surface area contributed by atoms with Crippen molar-refractivity contribution in [2.45, 2.75) is 220 Å². The lowest BCUT2D eigenvalue weighted by molar-refractivity contribution is -0.262. The molecule has 0 fully saturated rings. The maximum absolute atomic E-state index is 12.8. The number of carbonyl (C=O) groups excluding carboxylic acids is 3. The molecule has 5 nitrogen and oxygen atoms in total. The summed E-state index contributed by atoms with van der Waals surface area (Å²) in [5.74, 6) is -1.55. The van der Waals surface area contributed by atoms with Gasteiger partial charge < -0.3 is 0 Å². The van der Waals surface area contributed by atoms with Gasteiger partial charge in [0.15, 0.2) is 0 Å². The first-order valence-corrected chi connectivity index (χ1v) is 19.5. The Labute approximate surface area is 279 Å². The van der Waals surface area contributed by atoms with E-state index in [1.54, 1.807) is 0 Å². The highest BCUT2D eigenvalue weighted by atomic mass is 17.2. The van der Waals surface area contributed by atoms with Gasteiger partial charge in [0, 0.05) is 12.8 Å². The SMILES string of the molecule is CCCCCCCCCCCCCCCC(=O)OOC(=O)C(CCCCCCCCCCCCCC)CC(=O)CCC=C(C)C. The fourth-order valence-corrected chi connectivity index (χ4v) is 5.92. The van der Waals surface area contributed by atoms with Gasteiger partial charge in [0.1, 0.15) is 5.78 Å². The van der Waals surface area contributed by atoms with Gasteiger partial charge in [-0.2, -0.15) is 0 Å². The number of ketones is 1. The van der Waals surface area contributed by atoms with Crippen molar-refractivity contribution in [3.8, 4) is 0 Å². The van der Waals surface area contributed by atoms with Crippen molar-refractivity contribution in [3.63, 3.8) is 0 Å². The first-order valence-electron chi connectivity index (χ1n) is 19.5. The minimum absolute atomic E-state index is 0.0617. The number of rotatable bonds is 33. The van der Waals surface area contributed by atoms with Crippen LogP contribution in [0, 0.1) is 5.92 Å². The average molecular weight is 635 g/mol. The third-order valence-electron chi connectivity index (χ3n) is 8.89. The Balaban J connectivity index is 4.19. The molecular weight excluding hydrogens is 560 g/mol. The van der Waals surface area contributed by atoms with Crippen molar-refractivity contribution >= 4 is 17.7 Å². The van der Waals surface area contributed by atoms with Crippen LogP contribution in [-0.2, 0) is 24.2 Å². The number of unbranched alkanes of at least 4 members (excludes halogenated alkanes) is 23. The molecule has 0 N–H and O–H groups in total. The second-order valence-electron chi connectivity index (χ2n) is 13.8. The molecular formula is C40H74O5. The lowest BCUT2D eigenvalue weighted by Gasteiger charge is -2.14. The van der Waals surface area contributed by atoms with Crippen LogP contribution in [0.4, 0.5) is 0 Å². The van der Waals surface area contributed by atoms with Crippen molar-refractivity contribution in [1.29, 1.82) is 0 Å². The Bertz CT molecular complexity index is 724. The van der Waals surface area contributed by atoms with Crippen LogP contribution in [0.5, 0.6) is 0 Å². The molecule has 0 amide bonds. The summed E-state index contributed by atoms with van der Waals surface area (Å²) in [6, 6.07) is 0. The highest BCUT2D eigenvalue weighted by Crippen LogP contribution is 2.20. The van der Waals surface area contributed by atoms with Crippen LogP contribution in [0.15, 0.2) is 11.6 Å². The standard InChI is InChI=1S/C40H74O5/c1-5-7-9-11-13-15-17-19-21-23-25-27-29-34-39(42)44-45-40(43)37(35-38(41)33-30-31-36(3)4)32-28-26-24-22-20-18-16-14-12-10-8-6-2/h31,37H,5-30,32-35H2,1-4H3. The maximum atomic E-state index is 12.8. The second kappa shape index (κ2) is 33.7. The highest BCUT2D eigenvalue weighted by molar-refractivity contribution is 5.84. The van der Waals surface area contributed by atoms with Crippen LogP contribution in [0.2, 0.25) is 0 Å². The zero-order valence-electron chi connectivity index (χ0n) is 30.4. The van der Waals surface area contributed by atoms with E-state index in [9.17, 15) is 14.4 Å². The Morgan fingerprint density at radius 2 is 0.911 bits per heavy atom. The molecule has 1 atom stereocenters. The normalized spacial score (nSPS) is 11.7. The van der Waals surface area contributed by atoms with Gasteiger partial charge in [-0.05, 0) is 33.1 Å². The van der Waals surface area contributed by atoms with E-state index in [1.165, 1.54) is 128 Å². The molecule has 0 aliphatic carbocycles. The van der Waals surface area contributed by atoms with Crippen LogP contribution in [0.3, 0.4) is 0 Å². The molecule has 264 valence electrons. The summed E-state index contributed by atoms with van der Waals surface area (Å²) in [6.07, 6.45) is 35.3. The van der Waals surface area contributed by atoms with E-state index in [1.807, 2.05) is 13.8 Å². The van der Waals surface area contributed by atoms with Crippen molar-refractivity contribution in [3.05, 3.63) is 11.6 Å². The molecule has 0 aliphatic rings. The Kier molecular flexibility index (Phi) is 32.5. The minimum Gasteiger partial charge on any atom is -0.300 e. The number of carbonyl (C=O) groups is 3. The molecule has 0 rings (SSSR count). The number of hydrogen-bond donors (Lipinski definition) is 0. The molecule has 0 heterocycles. The topological polar surface area (TPSA) is 69.7 Å². The third kappa shape index (κ3) is 32.1. The molecule has 0 saturated heterocycles. The average Bonchev–Trinajstić information content (AvgIpc) is 3.01. The van der Waals surface area contributed by atoms with Crippen molar-refractivity contribution < 1.29 is 24.2 Å². The summed E-state index contributed by atoms with van der Waals surface area (Å²) >= 11 is 0. The van der Waals surface area contributed by atoms with E-state index < -0.39 is 17.9 Å². The van der Waals surface area contributed by atoms with Gasteiger partial charge in [-0.25, -0.2) is 19.4 Å². The van der Waals surface area contributed by atoms with Crippen LogP contribution in [-0.4, -0.2) is 17.7 Å². The summed E-state index contributed by atoms with van der Waals surface area (Å²) in [5, 5.41) is 0. The molecule has 45 heavy (non-hydrogen) atoms. The lowest BCUT2D eigenvalue weighted by atomic mass is 9.93. The molecule has 0 bridgehead atoms. The smallest absolute Gasteiger partial charge is 0.300 e. The molecule has 0 spiro atoms. The fourth-order valence-electron chi connectivity index (χ4n) is 5.92. The van der Waals surface area contributed by atoms with Crippen LogP contribution in [0.25, 0.3) is 0 Å². The molecule has 0 aromatic carbocycles. The van der Waals surface area contributed by atoms with E-state index >= 15 is 0 Å². The monoisotopic (exact) mass is 635 g/mol. The molecule has 0 aromatic heterocycles.